The molecule has 0 saturated carbocycles. The summed E-state index contributed by atoms with van der Waals surface area (Å²) in [4.78, 5) is 16.5. The molecule has 1 heterocycles. The van der Waals surface area contributed by atoms with Gasteiger partial charge in [-0.2, -0.15) is 4.98 Å². The maximum atomic E-state index is 12.2. The fourth-order valence-electron chi connectivity index (χ4n) is 2.46. The molecule has 0 fully saturated rings. The number of halogens is 1. The van der Waals surface area contributed by atoms with Crippen LogP contribution in [0.4, 0.5) is 5.69 Å². The van der Waals surface area contributed by atoms with Crippen LogP contribution in [0.5, 0.6) is 0 Å². The van der Waals surface area contributed by atoms with Crippen molar-refractivity contribution in [3.8, 4) is 11.4 Å². The van der Waals surface area contributed by atoms with Gasteiger partial charge in [0.2, 0.25) is 17.6 Å². The molecule has 1 amide bonds. The Labute approximate surface area is 154 Å². The van der Waals surface area contributed by atoms with Crippen LogP contribution in [0.25, 0.3) is 11.4 Å². The van der Waals surface area contributed by atoms with Crippen LogP contribution in [0.2, 0.25) is 0 Å². The second kappa shape index (κ2) is 8.07. The number of anilines is 1. The highest BCUT2D eigenvalue weighted by atomic mass is 79.9. The van der Waals surface area contributed by atoms with E-state index in [1.807, 2.05) is 48.5 Å². The predicted octanol–water partition coefficient (Wildman–Crippen LogP) is 4.63. The summed E-state index contributed by atoms with van der Waals surface area (Å²) in [6.07, 6.45) is 1.57. The molecule has 128 valence electrons. The second-order valence-electron chi connectivity index (χ2n) is 5.58. The zero-order chi connectivity index (χ0) is 17.6. The highest BCUT2D eigenvalue weighted by molar-refractivity contribution is 9.10. The Bertz CT molecular complexity index is 859. The Hall–Kier alpha value is -2.47. The van der Waals surface area contributed by atoms with Crippen LogP contribution in [-0.4, -0.2) is 16.0 Å². The number of carbonyl (C=O) groups excluding carboxylic acids is 1. The van der Waals surface area contributed by atoms with Gasteiger partial charge >= 0.3 is 0 Å². The quantitative estimate of drug-likeness (QED) is 0.655. The highest BCUT2D eigenvalue weighted by Gasteiger charge is 2.11. The van der Waals surface area contributed by atoms with E-state index in [2.05, 4.69) is 38.3 Å². The van der Waals surface area contributed by atoms with E-state index in [0.717, 1.165) is 27.7 Å². The molecule has 0 aliphatic carbocycles. The lowest BCUT2D eigenvalue weighted by Gasteiger charge is -2.08. The molecule has 1 N–H and O–H groups in total. The molecule has 1 aromatic heterocycles. The zero-order valence-corrected chi connectivity index (χ0v) is 15.4. The number of nitrogens with zero attached hydrogens (tertiary/aromatic N) is 2. The van der Waals surface area contributed by atoms with Crippen molar-refractivity contribution in [3.05, 3.63) is 64.5 Å². The van der Waals surface area contributed by atoms with Crippen molar-refractivity contribution in [1.82, 2.24) is 10.1 Å². The first kappa shape index (κ1) is 17.4. The minimum atomic E-state index is -0.0655. The van der Waals surface area contributed by atoms with Gasteiger partial charge in [0.15, 0.2) is 0 Å². The molecule has 0 atom stereocenters. The molecule has 0 radical (unpaired) electrons. The number of benzene rings is 2. The Morgan fingerprint density at radius 3 is 2.68 bits per heavy atom. The summed E-state index contributed by atoms with van der Waals surface area (Å²) in [5, 5.41) is 6.91. The van der Waals surface area contributed by atoms with E-state index in [1.54, 1.807) is 0 Å². The van der Waals surface area contributed by atoms with Gasteiger partial charge < -0.3 is 9.84 Å². The number of rotatable bonds is 6. The van der Waals surface area contributed by atoms with Gasteiger partial charge in [-0.15, -0.1) is 0 Å². The molecule has 0 saturated heterocycles. The van der Waals surface area contributed by atoms with Crippen molar-refractivity contribution in [3.63, 3.8) is 0 Å². The van der Waals surface area contributed by atoms with E-state index in [0.29, 0.717) is 24.6 Å². The number of nitrogens with one attached hydrogen (secondary N) is 1. The van der Waals surface area contributed by atoms with Crippen molar-refractivity contribution in [2.24, 2.45) is 0 Å². The summed E-state index contributed by atoms with van der Waals surface area (Å²) >= 11 is 3.39. The van der Waals surface area contributed by atoms with Crippen LogP contribution in [-0.2, 0) is 17.6 Å². The zero-order valence-electron chi connectivity index (χ0n) is 13.8. The van der Waals surface area contributed by atoms with Crippen LogP contribution in [0, 0.1) is 0 Å². The summed E-state index contributed by atoms with van der Waals surface area (Å²) in [5.41, 5.74) is 2.85. The average Bonchev–Trinajstić information content (AvgIpc) is 3.10. The monoisotopic (exact) mass is 399 g/mol. The minimum Gasteiger partial charge on any atom is -0.339 e. The molecule has 0 aliphatic heterocycles. The molecule has 0 bridgehead atoms. The van der Waals surface area contributed by atoms with Crippen molar-refractivity contribution in [2.75, 3.05) is 5.32 Å². The fourth-order valence-corrected chi connectivity index (χ4v) is 2.72. The number of aromatic nitrogens is 2. The SMILES string of the molecule is CCc1ccccc1NC(=O)CCc1nc(-c2ccc(Br)cc2)no1. The fraction of sp³-hybridized carbons (Fsp3) is 0.211. The molecule has 6 heteroatoms. The molecule has 3 rings (SSSR count). The Balaban J connectivity index is 1.58. The minimum absolute atomic E-state index is 0.0655. The van der Waals surface area contributed by atoms with Crippen molar-refractivity contribution >= 4 is 27.5 Å². The topological polar surface area (TPSA) is 68.0 Å². The predicted molar refractivity (Wildman–Crippen MR) is 100 cm³/mol. The van der Waals surface area contributed by atoms with Crippen LogP contribution in [0.1, 0.15) is 24.8 Å². The average molecular weight is 400 g/mol. The third-order valence-electron chi connectivity index (χ3n) is 3.81. The number of hydrogen-bond donors (Lipinski definition) is 1. The first-order valence-corrected chi connectivity index (χ1v) is 8.91. The van der Waals surface area contributed by atoms with E-state index >= 15 is 0 Å². The third-order valence-corrected chi connectivity index (χ3v) is 4.34. The van der Waals surface area contributed by atoms with E-state index in [4.69, 9.17) is 4.52 Å². The van der Waals surface area contributed by atoms with E-state index in [9.17, 15) is 4.79 Å². The standard InChI is InChI=1S/C19H18BrN3O2/c1-2-13-5-3-4-6-16(13)21-17(24)11-12-18-22-19(23-25-18)14-7-9-15(20)10-8-14/h3-10H,2,11-12H2,1H3,(H,21,24). The summed E-state index contributed by atoms with van der Waals surface area (Å²) in [6, 6.07) is 15.5. The summed E-state index contributed by atoms with van der Waals surface area (Å²) in [6.45, 7) is 2.06. The molecule has 5 nitrogen and oxygen atoms in total. The van der Waals surface area contributed by atoms with Gasteiger partial charge in [0.25, 0.3) is 0 Å². The van der Waals surface area contributed by atoms with Gasteiger partial charge in [-0.05, 0) is 42.3 Å². The number of para-hydroxylation sites is 1. The third kappa shape index (κ3) is 4.54. The van der Waals surface area contributed by atoms with Crippen LogP contribution in [0.3, 0.4) is 0 Å². The second-order valence-corrected chi connectivity index (χ2v) is 6.49. The van der Waals surface area contributed by atoms with Crippen molar-refractivity contribution in [2.45, 2.75) is 26.2 Å². The lowest BCUT2D eigenvalue weighted by molar-refractivity contribution is -0.116. The molecule has 0 unspecified atom stereocenters. The van der Waals surface area contributed by atoms with Crippen LogP contribution in [0.15, 0.2) is 57.5 Å². The van der Waals surface area contributed by atoms with E-state index in [-0.39, 0.29) is 5.91 Å². The first-order chi connectivity index (χ1) is 12.2. The Morgan fingerprint density at radius 1 is 1.16 bits per heavy atom. The molecule has 0 spiro atoms. The highest BCUT2D eigenvalue weighted by Crippen LogP contribution is 2.20. The lowest BCUT2D eigenvalue weighted by Crippen LogP contribution is -2.13. The maximum Gasteiger partial charge on any atom is 0.227 e. The smallest absolute Gasteiger partial charge is 0.227 e. The van der Waals surface area contributed by atoms with Gasteiger partial charge in [0.1, 0.15) is 0 Å². The number of amides is 1. The maximum absolute atomic E-state index is 12.2. The van der Waals surface area contributed by atoms with E-state index in [1.165, 1.54) is 0 Å². The van der Waals surface area contributed by atoms with Gasteiger partial charge in [0.05, 0.1) is 0 Å². The molecule has 0 aliphatic rings. The normalized spacial score (nSPS) is 10.6. The lowest BCUT2D eigenvalue weighted by atomic mass is 10.1. The molecular weight excluding hydrogens is 382 g/mol. The molecule has 3 aromatic rings. The van der Waals surface area contributed by atoms with Gasteiger partial charge in [-0.25, -0.2) is 0 Å². The van der Waals surface area contributed by atoms with Crippen LogP contribution < -0.4 is 5.32 Å². The molecule has 25 heavy (non-hydrogen) atoms. The van der Waals surface area contributed by atoms with Gasteiger partial charge in [-0.1, -0.05) is 46.2 Å². The Morgan fingerprint density at radius 2 is 1.92 bits per heavy atom. The number of aryl methyl sites for hydroxylation is 2. The summed E-state index contributed by atoms with van der Waals surface area (Å²) in [5.74, 6) is 0.917. The van der Waals surface area contributed by atoms with E-state index < -0.39 is 0 Å². The van der Waals surface area contributed by atoms with Gasteiger partial charge in [-0.3, -0.25) is 4.79 Å². The Kier molecular flexibility index (Phi) is 5.60. The molecule has 2 aromatic carbocycles. The van der Waals surface area contributed by atoms with Crippen LogP contribution >= 0.6 is 15.9 Å². The van der Waals surface area contributed by atoms with Crippen molar-refractivity contribution < 1.29 is 9.32 Å². The molecular formula is C19H18BrN3O2. The number of carbonyl (C=O) groups is 1. The first-order valence-electron chi connectivity index (χ1n) is 8.12. The number of hydrogen-bond acceptors (Lipinski definition) is 4. The van der Waals surface area contributed by atoms with Crippen molar-refractivity contribution in [1.29, 1.82) is 0 Å². The summed E-state index contributed by atoms with van der Waals surface area (Å²) in [7, 11) is 0. The van der Waals surface area contributed by atoms with Gasteiger partial charge in [0, 0.05) is 28.6 Å². The largest absolute Gasteiger partial charge is 0.339 e. The summed E-state index contributed by atoms with van der Waals surface area (Å²) < 4.78 is 6.23.